The highest BCUT2D eigenvalue weighted by molar-refractivity contribution is 5.98. The highest BCUT2D eigenvalue weighted by atomic mass is 35.5. The fraction of sp³-hybridized carbons (Fsp3) is 0.346. The molecule has 180 valence electrons. The number of halogens is 3. The Morgan fingerprint density at radius 1 is 1.18 bits per heavy atom. The van der Waals surface area contributed by atoms with E-state index in [1.54, 1.807) is 12.1 Å². The van der Waals surface area contributed by atoms with Gasteiger partial charge in [0.05, 0.1) is 11.3 Å². The quantitative estimate of drug-likeness (QED) is 0.395. The summed E-state index contributed by atoms with van der Waals surface area (Å²) >= 11 is 0. The molecular weight excluding hydrogens is 460 g/mol. The summed E-state index contributed by atoms with van der Waals surface area (Å²) in [5.41, 5.74) is 9.20. The standard InChI is InChI=1S/C26H27F2N3O2.ClH/c27-18-6-9-24-21(11-18)17(13-30-24)3-1-2-10-31(14-16-4-5-16)19-12-22-20(26(29)32)7-8-23(28)25(22)33-15-19;/h6-9,11-13,16,30H,1-5,10,14-15H2,(H2,29,32);1H. The molecule has 0 bridgehead atoms. The molecule has 2 heterocycles. The Hall–Kier alpha value is -3.06. The van der Waals surface area contributed by atoms with Crippen LogP contribution in [-0.4, -0.2) is 35.5 Å². The summed E-state index contributed by atoms with van der Waals surface area (Å²) < 4.78 is 33.6. The van der Waals surface area contributed by atoms with Crippen LogP contribution in [0.15, 0.2) is 42.2 Å². The minimum absolute atomic E-state index is 0. The molecule has 0 radical (unpaired) electrons. The molecule has 1 aliphatic carbocycles. The lowest BCUT2D eigenvalue weighted by Crippen LogP contribution is -2.31. The molecule has 2 aromatic carbocycles. The van der Waals surface area contributed by atoms with Gasteiger partial charge in [0.25, 0.3) is 0 Å². The van der Waals surface area contributed by atoms with Gasteiger partial charge >= 0.3 is 0 Å². The molecule has 1 fully saturated rings. The molecule has 34 heavy (non-hydrogen) atoms. The number of aromatic nitrogens is 1. The molecule has 1 aromatic heterocycles. The third kappa shape index (κ3) is 5.04. The van der Waals surface area contributed by atoms with Crippen molar-refractivity contribution in [3.05, 3.63) is 70.6 Å². The van der Waals surface area contributed by atoms with Crippen molar-refractivity contribution in [2.45, 2.75) is 32.1 Å². The number of carbonyl (C=O) groups excluding carboxylic acids is 1. The first-order valence-electron chi connectivity index (χ1n) is 11.5. The number of H-pyrrole nitrogens is 1. The van der Waals surface area contributed by atoms with Gasteiger partial charge in [-0.1, -0.05) is 0 Å². The van der Waals surface area contributed by atoms with Crippen molar-refractivity contribution < 1.29 is 18.3 Å². The first-order valence-corrected chi connectivity index (χ1v) is 11.5. The second kappa shape index (κ2) is 10.1. The molecule has 3 aromatic rings. The number of nitrogens with zero attached hydrogens (tertiary/aromatic N) is 1. The number of ether oxygens (including phenoxy) is 1. The van der Waals surface area contributed by atoms with Crippen molar-refractivity contribution in [1.29, 1.82) is 0 Å². The third-order valence-corrected chi connectivity index (χ3v) is 6.52. The maximum Gasteiger partial charge on any atom is 0.249 e. The number of primary amides is 1. The number of amides is 1. The van der Waals surface area contributed by atoms with Crippen LogP contribution in [0.5, 0.6) is 5.75 Å². The van der Waals surface area contributed by atoms with Gasteiger partial charge in [-0.3, -0.25) is 4.79 Å². The molecule has 0 saturated heterocycles. The van der Waals surface area contributed by atoms with Gasteiger partial charge in [0.2, 0.25) is 5.91 Å². The van der Waals surface area contributed by atoms with E-state index < -0.39 is 11.7 Å². The normalized spacial score (nSPS) is 14.7. The largest absolute Gasteiger partial charge is 0.484 e. The highest BCUT2D eigenvalue weighted by Gasteiger charge is 2.28. The monoisotopic (exact) mass is 487 g/mol. The zero-order valence-corrected chi connectivity index (χ0v) is 19.6. The van der Waals surface area contributed by atoms with Gasteiger partial charge in [0.15, 0.2) is 11.6 Å². The predicted molar refractivity (Wildman–Crippen MR) is 131 cm³/mol. The van der Waals surface area contributed by atoms with Crippen LogP contribution in [-0.2, 0) is 6.42 Å². The van der Waals surface area contributed by atoms with Gasteiger partial charge in [-0.2, -0.15) is 0 Å². The molecule has 1 aliphatic heterocycles. The fourth-order valence-electron chi connectivity index (χ4n) is 4.55. The van der Waals surface area contributed by atoms with E-state index in [1.165, 1.54) is 31.0 Å². The van der Waals surface area contributed by atoms with Gasteiger partial charge in [-0.05, 0) is 80.0 Å². The van der Waals surface area contributed by atoms with Crippen LogP contribution in [0.1, 0.15) is 47.2 Å². The maximum atomic E-state index is 14.2. The SMILES string of the molecule is Cl.NC(=O)c1ccc(F)c2c1C=C(N(CCCCc1c[nH]c3ccc(F)cc13)CC1CC1)CO2. The van der Waals surface area contributed by atoms with Gasteiger partial charge in [-0.25, -0.2) is 8.78 Å². The Morgan fingerprint density at radius 3 is 2.76 bits per heavy atom. The van der Waals surface area contributed by atoms with Crippen molar-refractivity contribution in [3.63, 3.8) is 0 Å². The molecule has 5 rings (SSSR count). The van der Waals surface area contributed by atoms with Crippen LogP contribution in [0.2, 0.25) is 0 Å². The number of hydrogen-bond acceptors (Lipinski definition) is 3. The zero-order valence-electron chi connectivity index (χ0n) is 18.8. The number of nitrogens with one attached hydrogen (secondary N) is 1. The topological polar surface area (TPSA) is 71.4 Å². The Bertz CT molecular complexity index is 1240. The average molecular weight is 488 g/mol. The molecule has 3 N–H and O–H groups in total. The highest BCUT2D eigenvalue weighted by Crippen LogP contribution is 2.36. The smallest absolute Gasteiger partial charge is 0.249 e. The van der Waals surface area contributed by atoms with Crippen LogP contribution in [0.25, 0.3) is 17.0 Å². The third-order valence-electron chi connectivity index (χ3n) is 6.52. The lowest BCUT2D eigenvalue weighted by Gasteiger charge is -2.31. The van der Waals surface area contributed by atoms with E-state index in [-0.39, 0.29) is 36.1 Å². The number of carbonyl (C=O) groups is 1. The summed E-state index contributed by atoms with van der Waals surface area (Å²) in [7, 11) is 0. The summed E-state index contributed by atoms with van der Waals surface area (Å²) in [6, 6.07) is 7.44. The predicted octanol–water partition coefficient (Wildman–Crippen LogP) is 5.44. The Morgan fingerprint density at radius 2 is 2.00 bits per heavy atom. The number of benzene rings is 2. The summed E-state index contributed by atoms with van der Waals surface area (Å²) in [5, 5.41) is 0.936. The van der Waals surface area contributed by atoms with Gasteiger partial charge in [0, 0.05) is 35.8 Å². The number of aryl methyl sites for hydroxylation is 1. The van der Waals surface area contributed by atoms with Crippen molar-refractivity contribution in [1.82, 2.24) is 9.88 Å². The zero-order chi connectivity index (χ0) is 22.9. The molecule has 0 atom stereocenters. The van der Waals surface area contributed by atoms with Crippen molar-refractivity contribution in [2.75, 3.05) is 19.7 Å². The average Bonchev–Trinajstić information content (AvgIpc) is 3.54. The first kappa shape index (κ1) is 24.1. The van der Waals surface area contributed by atoms with Gasteiger partial charge in [0.1, 0.15) is 12.4 Å². The molecule has 5 nitrogen and oxygen atoms in total. The van der Waals surface area contributed by atoms with E-state index >= 15 is 0 Å². The van der Waals surface area contributed by atoms with Crippen LogP contribution in [0.4, 0.5) is 8.78 Å². The second-order valence-corrected chi connectivity index (χ2v) is 8.98. The number of unbranched alkanes of at least 4 members (excludes halogenated alkanes) is 1. The fourth-order valence-corrected chi connectivity index (χ4v) is 4.55. The van der Waals surface area contributed by atoms with E-state index in [9.17, 15) is 13.6 Å². The second-order valence-electron chi connectivity index (χ2n) is 8.98. The van der Waals surface area contributed by atoms with E-state index in [0.717, 1.165) is 54.5 Å². The van der Waals surface area contributed by atoms with Crippen molar-refractivity contribution in [3.8, 4) is 5.75 Å². The Labute approximate surface area is 203 Å². The summed E-state index contributed by atoms with van der Waals surface area (Å²) in [4.78, 5) is 17.4. The van der Waals surface area contributed by atoms with Gasteiger partial charge < -0.3 is 20.4 Å². The lowest BCUT2D eigenvalue weighted by atomic mass is 10.0. The summed E-state index contributed by atoms with van der Waals surface area (Å²) in [6.45, 7) is 2.02. The lowest BCUT2D eigenvalue weighted by molar-refractivity contribution is 0.0999. The summed E-state index contributed by atoms with van der Waals surface area (Å²) in [5.74, 6) is -0.569. The number of fused-ring (bicyclic) bond motifs is 2. The molecule has 0 spiro atoms. The van der Waals surface area contributed by atoms with Crippen molar-refractivity contribution >= 4 is 35.3 Å². The first-order chi connectivity index (χ1) is 16.0. The Kier molecular flexibility index (Phi) is 7.12. The van der Waals surface area contributed by atoms with E-state index in [1.807, 2.05) is 12.3 Å². The van der Waals surface area contributed by atoms with Crippen LogP contribution < -0.4 is 10.5 Å². The van der Waals surface area contributed by atoms with Crippen LogP contribution in [0, 0.1) is 17.6 Å². The molecule has 8 heteroatoms. The molecule has 2 aliphatic rings. The van der Waals surface area contributed by atoms with Crippen LogP contribution >= 0.6 is 12.4 Å². The molecular formula is C26H28ClF2N3O2. The number of hydrogen-bond donors (Lipinski definition) is 2. The number of aromatic amines is 1. The number of nitrogens with two attached hydrogens (primary N) is 1. The number of rotatable bonds is 9. The van der Waals surface area contributed by atoms with Gasteiger partial charge in [-0.15, -0.1) is 12.4 Å². The van der Waals surface area contributed by atoms with E-state index in [4.69, 9.17) is 10.5 Å². The van der Waals surface area contributed by atoms with Crippen molar-refractivity contribution in [2.24, 2.45) is 11.7 Å². The van der Waals surface area contributed by atoms with E-state index in [0.29, 0.717) is 11.5 Å². The Balaban J connectivity index is 0.00000274. The molecule has 0 unspecified atom stereocenters. The molecule has 1 saturated carbocycles. The maximum absolute atomic E-state index is 14.2. The van der Waals surface area contributed by atoms with E-state index in [2.05, 4.69) is 9.88 Å². The van der Waals surface area contributed by atoms with Crippen LogP contribution in [0.3, 0.4) is 0 Å². The summed E-state index contributed by atoms with van der Waals surface area (Å²) in [6.07, 6.45) is 9.00. The molecule has 1 amide bonds. The minimum atomic E-state index is -0.601. The minimum Gasteiger partial charge on any atom is -0.484 e.